The number of hydrogen-bond acceptors (Lipinski definition) is 6. The topological polar surface area (TPSA) is 102 Å². The van der Waals surface area contributed by atoms with Crippen molar-refractivity contribution in [3.8, 4) is 0 Å². The van der Waals surface area contributed by atoms with Crippen LogP contribution in [0.25, 0.3) is 4.85 Å². The van der Waals surface area contributed by atoms with Crippen molar-refractivity contribution in [2.45, 2.75) is 40.0 Å². The van der Waals surface area contributed by atoms with Crippen LogP contribution in [0.5, 0.6) is 0 Å². The summed E-state index contributed by atoms with van der Waals surface area (Å²) in [6.07, 6.45) is 0. The number of nitrogens with zero attached hydrogens (tertiary/aromatic N) is 2. The van der Waals surface area contributed by atoms with Crippen molar-refractivity contribution in [2.24, 2.45) is 5.92 Å². The van der Waals surface area contributed by atoms with Gasteiger partial charge in [-0.15, -0.1) is 4.98 Å². The summed E-state index contributed by atoms with van der Waals surface area (Å²) >= 11 is 0. The number of rotatable bonds is 6. The maximum absolute atomic E-state index is 12.9. The van der Waals surface area contributed by atoms with Gasteiger partial charge >= 0.3 is 13.1 Å². The first-order valence-corrected chi connectivity index (χ1v) is 9.54. The van der Waals surface area contributed by atoms with Gasteiger partial charge in [0.25, 0.3) is 11.7 Å². The predicted molar refractivity (Wildman–Crippen MR) is 110 cm³/mol. The van der Waals surface area contributed by atoms with Crippen molar-refractivity contribution in [1.82, 2.24) is 10.3 Å². The summed E-state index contributed by atoms with van der Waals surface area (Å²) in [5.41, 5.74) is 2.87. The first-order chi connectivity index (χ1) is 14.3. The zero-order valence-electron chi connectivity index (χ0n) is 17.0. The van der Waals surface area contributed by atoms with Crippen LogP contribution >= 0.6 is 0 Å². The molecule has 0 aliphatic carbocycles. The lowest BCUT2D eigenvalue weighted by Crippen LogP contribution is -2.46. The second kappa shape index (κ2) is 9.07. The molecule has 154 valence electrons. The number of benzene rings is 1. The number of nitrogens with one attached hydrogen (secondary N) is 1. The van der Waals surface area contributed by atoms with Crippen molar-refractivity contribution in [3.05, 3.63) is 64.1 Å². The number of aromatic nitrogens is 1. The molecule has 2 heterocycles. The molecule has 1 amide bonds. The van der Waals surface area contributed by atoms with Gasteiger partial charge in [0.05, 0.1) is 6.61 Å². The summed E-state index contributed by atoms with van der Waals surface area (Å²) in [5.74, 6) is -1.02. The summed E-state index contributed by atoms with van der Waals surface area (Å²) in [7, 11) is -1.06. The number of esters is 1. The van der Waals surface area contributed by atoms with Crippen LogP contribution < -0.4 is 10.8 Å². The molecule has 1 aromatic heterocycles. The highest BCUT2D eigenvalue weighted by Crippen LogP contribution is 2.17. The van der Waals surface area contributed by atoms with E-state index in [1.165, 1.54) is 0 Å². The van der Waals surface area contributed by atoms with Gasteiger partial charge in [0.1, 0.15) is 6.04 Å². The second-order valence-corrected chi connectivity index (χ2v) is 7.38. The quantitative estimate of drug-likeness (QED) is 0.429. The smallest absolute Gasteiger partial charge is 0.455 e. The number of pyridine rings is 1. The van der Waals surface area contributed by atoms with Crippen LogP contribution in [0.2, 0.25) is 0 Å². The van der Waals surface area contributed by atoms with E-state index in [4.69, 9.17) is 16.0 Å². The van der Waals surface area contributed by atoms with E-state index < -0.39 is 25.0 Å². The van der Waals surface area contributed by atoms with E-state index >= 15 is 0 Å². The molecule has 0 fully saturated rings. The third-order valence-electron chi connectivity index (χ3n) is 4.97. The lowest BCUT2D eigenvalue weighted by Gasteiger charge is -2.21. The zero-order valence-corrected chi connectivity index (χ0v) is 17.0. The van der Waals surface area contributed by atoms with Crippen molar-refractivity contribution in [2.75, 3.05) is 0 Å². The average molecular weight is 407 g/mol. The zero-order chi connectivity index (χ0) is 21.8. The number of carbonyl (C=O) groups is 2. The molecule has 0 radical (unpaired) electrons. The van der Waals surface area contributed by atoms with Gasteiger partial charge in [0.15, 0.2) is 12.3 Å². The van der Waals surface area contributed by atoms with Gasteiger partial charge in [0.2, 0.25) is 0 Å². The molecule has 8 nitrogen and oxygen atoms in total. The van der Waals surface area contributed by atoms with E-state index in [1.54, 1.807) is 51.1 Å². The minimum atomic E-state index is -1.06. The van der Waals surface area contributed by atoms with Crippen LogP contribution in [0.1, 0.15) is 41.0 Å². The summed E-state index contributed by atoms with van der Waals surface area (Å²) in [4.78, 5) is 32.8. The molecule has 30 heavy (non-hydrogen) atoms. The Morgan fingerprint density at radius 2 is 2.13 bits per heavy atom. The third-order valence-corrected chi connectivity index (χ3v) is 4.97. The van der Waals surface area contributed by atoms with Crippen molar-refractivity contribution in [1.29, 1.82) is 0 Å². The summed E-state index contributed by atoms with van der Waals surface area (Å²) in [6.45, 7) is 12.5. The van der Waals surface area contributed by atoms with Crippen LogP contribution in [0.3, 0.4) is 0 Å². The van der Waals surface area contributed by atoms with Crippen LogP contribution in [-0.2, 0) is 27.4 Å². The van der Waals surface area contributed by atoms with Gasteiger partial charge < -0.3 is 24.6 Å². The van der Waals surface area contributed by atoms with Gasteiger partial charge in [-0.25, -0.2) is 4.79 Å². The number of ether oxygens (including phenoxy) is 1. The monoisotopic (exact) mass is 407 g/mol. The lowest BCUT2D eigenvalue weighted by atomic mass is 9.75. The van der Waals surface area contributed by atoms with Crippen LogP contribution in [0, 0.1) is 19.4 Å². The normalized spacial score (nSPS) is 13.5. The molecule has 0 bridgehead atoms. The minimum absolute atomic E-state index is 0.0946. The molecular weight excluding hydrogens is 385 g/mol. The predicted octanol–water partition coefficient (Wildman–Crippen LogP) is 1.66. The fraction of sp³-hybridized carbons (Fsp3) is 0.333. The first-order valence-electron chi connectivity index (χ1n) is 9.54. The Balaban J connectivity index is 1.71. The molecule has 0 saturated heterocycles. The molecular formula is C21H22BN3O5. The SMILES string of the molecule is [C-]#[N+]c1cccc(COC(=O)[C@@H](NC(=O)c2ccc3c(c2C)B(O)OC3)C(C)C)n1. The van der Waals surface area contributed by atoms with Crippen LogP contribution in [0.15, 0.2) is 30.3 Å². The fourth-order valence-electron chi connectivity index (χ4n) is 3.31. The molecule has 1 aromatic carbocycles. The van der Waals surface area contributed by atoms with E-state index in [0.29, 0.717) is 28.9 Å². The molecule has 1 aliphatic rings. The molecule has 1 aliphatic heterocycles. The molecule has 9 heteroatoms. The Morgan fingerprint density at radius 1 is 1.37 bits per heavy atom. The fourth-order valence-corrected chi connectivity index (χ4v) is 3.31. The molecule has 3 rings (SSSR count). The summed E-state index contributed by atoms with van der Waals surface area (Å²) in [6, 6.07) is 7.43. The van der Waals surface area contributed by atoms with Gasteiger partial charge in [-0.3, -0.25) is 4.79 Å². The Hall–Kier alpha value is -3.22. The third kappa shape index (κ3) is 4.51. The molecule has 0 saturated carbocycles. The lowest BCUT2D eigenvalue weighted by molar-refractivity contribution is -0.148. The van der Waals surface area contributed by atoms with E-state index in [1.807, 2.05) is 0 Å². The molecule has 2 N–H and O–H groups in total. The Bertz CT molecular complexity index is 1020. The van der Waals surface area contributed by atoms with Crippen molar-refractivity contribution in [3.63, 3.8) is 0 Å². The van der Waals surface area contributed by atoms with Gasteiger partial charge in [0, 0.05) is 5.56 Å². The highest BCUT2D eigenvalue weighted by atomic mass is 16.5. The second-order valence-electron chi connectivity index (χ2n) is 7.38. The standard InChI is InChI=1S/C21H22BN3O5/c1-12(2)19(21(27)29-11-15-6-5-7-17(23-4)24-15)25-20(26)16-9-8-14-10-30-22(28)18(14)13(16)3/h5-9,12,19,28H,10-11H2,1-3H3,(H,25,26)/t19-/m0/s1. The largest absolute Gasteiger partial charge is 0.492 e. The van der Waals surface area contributed by atoms with Gasteiger partial charge in [-0.1, -0.05) is 32.6 Å². The Kier molecular flexibility index (Phi) is 6.50. The van der Waals surface area contributed by atoms with E-state index in [9.17, 15) is 14.6 Å². The van der Waals surface area contributed by atoms with Crippen LogP contribution in [-0.4, -0.2) is 35.0 Å². The summed E-state index contributed by atoms with van der Waals surface area (Å²) in [5, 5.41) is 12.7. The number of hydrogen-bond donors (Lipinski definition) is 2. The van der Waals surface area contributed by atoms with E-state index in [2.05, 4.69) is 15.1 Å². The highest BCUT2D eigenvalue weighted by Gasteiger charge is 2.32. The van der Waals surface area contributed by atoms with Crippen LogP contribution in [0.4, 0.5) is 5.82 Å². The highest BCUT2D eigenvalue weighted by molar-refractivity contribution is 6.62. The number of amides is 1. The van der Waals surface area contributed by atoms with E-state index in [0.717, 1.165) is 5.56 Å². The van der Waals surface area contributed by atoms with Gasteiger partial charge in [-0.2, -0.15) is 0 Å². The summed E-state index contributed by atoms with van der Waals surface area (Å²) < 4.78 is 10.5. The Morgan fingerprint density at radius 3 is 2.83 bits per heavy atom. The van der Waals surface area contributed by atoms with E-state index in [-0.39, 0.29) is 18.3 Å². The van der Waals surface area contributed by atoms with Crippen molar-refractivity contribution >= 4 is 30.3 Å². The Labute approximate surface area is 175 Å². The maximum Gasteiger partial charge on any atom is 0.492 e. The molecule has 0 spiro atoms. The average Bonchev–Trinajstić information content (AvgIpc) is 3.11. The molecule has 2 aromatic rings. The number of carbonyl (C=O) groups excluding carboxylic acids is 2. The molecule has 1 atom stereocenters. The first kappa shape index (κ1) is 21.5. The maximum atomic E-state index is 12.9. The number of fused-ring (bicyclic) bond motifs is 1. The minimum Gasteiger partial charge on any atom is -0.455 e. The van der Waals surface area contributed by atoms with Crippen molar-refractivity contribution < 1.29 is 24.0 Å². The molecule has 0 unspecified atom stereocenters. The van der Waals surface area contributed by atoms with Gasteiger partial charge in [-0.05, 0) is 47.6 Å².